The lowest BCUT2D eigenvalue weighted by atomic mass is 9.87. The van der Waals surface area contributed by atoms with Gasteiger partial charge in [-0.25, -0.2) is 13.8 Å². The van der Waals surface area contributed by atoms with Gasteiger partial charge in [0.2, 0.25) is 5.89 Å². The van der Waals surface area contributed by atoms with Gasteiger partial charge in [0.1, 0.15) is 22.1 Å². The van der Waals surface area contributed by atoms with E-state index in [1.165, 1.54) is 0 Å². The van der Waals surface area contributed by atoms with Gasteiger partial charge in [-0.15, -0.1) is 4.72 Å². The third kappa shape index (κ3) is 6.40. The summed E-state index contributed by atoms with van der Waals surface area (Å²) in [5.41, 5.74) is 1.40. The monoisotopic (exact) mass is 460 g/mol. The maximum absolute atomic E-state index is 14.4. The van der Waals surface area contributed by atoms with Gasteiger partial charge < -0.3 is 8.97 Å². The molecule has 1 aromatic heterocycles. The predicted molar refractivity (Wildman–Crippen MR) is 124 cm³/mol. The van der Waals surface area contributed by atoms with Crippen LogP contribution in [0.3, 0.4) is 0 Å². The van der Waals surface area contributed by atoms with Gasteiger partial charge in [-0.1, -0.05) is 44.2 Å². The molecule has 4 nitrogen and oxygen atoms in total. The average Bonchev–Trinajstić information content (AvgIpc) is 3.09. The fourth-order valence-corrected chi connectivity index (χ4v) is 4.17. The Balaban J connectivity index is 1.90. The van der Waals surface area contributed by atoms with Crippen molar-refractivity contribution in [3.05, 3.63) is 77.2 Å². The van der Waals surface area contributed by atoms with E-state index in [1.807, 2.05) is 65.0 Å². The second-order valence-corrected chi connectivity index (χ2v) is 11.8. The summed E-state index contributed by atoms with van der Waals surface area (Å²) in [5.74, 6) is -0.475. The molecule has 172 valence electrons. The van der Waals surface area contributed by atoms with E-state index < -0.39 is 23.0 Å². The molecule has 0 bridgehead atoms. The molecule has 0 amide bonds. The summed E-state index contributed by atoms with van der Waals surface area (Å²) in [6.45, 7) is 10.3. The molecular weight excluding hydrogens is 430 g/mol. The number of rotatable bonds is 8. The molecule has 0 aliphatic heterocycles. The van der Waals surface area contributed by atoms with Crippen LogP contribution in [-0.2, 0) is 24.2 Å². The minimum atomic E-state index is -1.19. The van der Waals surface area contributed by atoms with E-state index >= 15 is 0 Å². The summed E-state index contributed by atoms with van der Waals surface area (Å²) in [5, 5.41) is 0. The molecule has 1 N–H and O–H groups in total. The van der Waals surface area contributed by atoms with Crippen molar-refractivity contribution < 1.29 is 17.8 Å². The molecule has 3 aromatic rings. The van der Waals surface area contributed by atoms with Gasteiger partial charge in [0.15, 0.2) is 0 Å². The molecule has 0 saturated heterocycles. The summed E-state index contributed by atoms with van der Waals surface area (Å²) in [6, 6.07) is 13.0. The minimum absolute atomic E-state index is 0.00432. The molecular formula is C25H30F2N2O2S. The second kappa shape index (κ2) is 9.73. The number of halogens is 2. The smallest absolute Gasteiger partial charge is 0.229 e. The summed E-state index contributed by atoms with van der Waals surface area (Å²) in [6.07, 6.45) is 1.00. The van der Waals surface area contributed by atoms with Gasteiger partial charge in [-0.05, 0) is 56.4 Å². The van der Waals surface area contributed by atoms with Crippen LogP contribution in [0.5, 0.6) is 0 Å². The topological polar surface area (TPSA) is 61.1 Å². The molecule has 0 fully saturated rings. The van der Waals surface area contributed by atoms with Crippen molar-refractivity contribution in [1.29, 1.82) is 0 Å². The van der Waals surface area contributed by atoms with Crippen LogP contribution in [0.15, 0.2) is 52.9 Å². The van der Waals surface area contributed by atoms with E-state index in [-0.39, 0.29) is 21.6 Å². The Bertz CT molecular complexity index is 1050. The van der Waals surface area contributed by atoms with E-state index in [4.69, 9.17) is 4.42 Å². The van der Waals surface area contributed by atoms with Crippen LogP contribution in [0.1, 0.15) is 51.6 Å². The molecule has 0 aliphatic rings. The van der Waals surface area contributed by atoms with E-state index in [9.17, 15) is 13.3 Å². The highest BCUT2D eigenvalue weighted by Crippen LogP contribution is 2.31. The predicted octanol–water partition coefficient (Wildman–Crippen LogP) is 5.83. The first-order chi connectivity index (χ1) is 14.9. The summed E-state index contributed by atoms with van der Waals surface area (Å²) >= 11 is -1.19. The Morgan fingerprint density at radius 1 is 1.03 bits per heavy atom. The number of hydrogen-bond donors (Lipinski definition) is 1. The fourth-order valence-electron chi connectivity index (χ4n) is 3.21. The molecule has 0 saturated carbocycles. The van der Waals surface area contributed by atoms with Crippen molar-refractivity contribution in [2.45, 2.75) is 52.2 Å². The Morgan fingerprint density at radius 2 is 1.72 bits per heavy atom. The van der Waals surface area contributed by atoms with Gasteiger partial charge in [0.05, 0.1) is 11.3 Å². The quantitative estimate of drug-likeness (QED) is 0.430. The van der Waals surface area contributed by atoms with Crippen molar-refractivity contribution >= 4 is 11.4 Å². The molecule has 32 heavy (non-hydrogen) atoms. The lowest BCUT2D eigenvalue weighted by Crippen LogP contribution is -2.43. The van der Waals surface area contributed by atoms with Gasteiger partial charge >= 0.3 is 0 Å². The van der Waals surface area contributed by atoms with Crippen LogP contribution in [-0.4, -0.2) is 20.8 Å². The zero-order chi connectivity index (χ0) is 23.5. The van der Waals surface area contributed by atoms with E-state index in [2.05, 4.69) is 9.71 Å². The summed E-state index contributed by atoms with van der Waals surface area (Å²) in [4.78, 5) is 4.56. The van der Waals surface area contributed by atoms with Gasteiger partial charge in [0, 0.05) is 24.3 Å². The van der Waals surface area contributed by atoms with Crippen LogP contribution in [0.25, 0.3) is 11.5 Å². The van der Waals surface area contributed by atoms with Crippen molar-refractivity contribution in [2.24, 2.45) is 5.41 Å². The zero-order valence-electron chi connectivity index (χ0n) is 19.2. The highest BCUT2D eigenvalue weighted by molar-refractivity contribution is 7.90. The maximum Gasteiger partial charge on any atom is 0.229 e. The SMILES string of the molecule is CC(C)(CN[S+]([O-])C(C)(C)C)Cc1nc(-c2cc(F)ccc2F)oc1Cc1ccccc1. The van der Waals surface area contributed by atoms with Crippen molar-refractivity contribution in [3.8, 4) is 11.5 Å². The van der Waals surface area contributed by atoms with Crippen LogP contribution in [0, 0.1) is 17.0 Å². The Kier molecular flexibility index (Phi) is 7.43. The minimum Gasteiger partial charge on any atom is -0.598 e. The molecule has 2 aromatic carbocycles. The molecule has 0 spiro atoms. The maximum atomic E-state index is 14.4. The molecule has 3 rings (SSSR count). The molecule has 7 heteroatoms. The lowest BCUT2D eigenvalue weighted by Gasteiger charge is -2.29. The molecule has 1 atom stereocenters. The average molecular weight is 461 g/mol. The number of benzene rings is 2. The number of nitrogens with zero attached hydrogens (tertiary/aromatic N) is 1. The normalized spacial score (nSPS) is 13.4. The number of nitrogens with one attached hydrogen (secondary N) is 1. The van der Waals surface area contributed by atoms with E-state index in [0.717, 1.165) is 23.8 Å². The van der Waals surface area contributed by atoms with Crippen LogP contribution in [0.2, 0.25) is 0 Å². The first-order valence-corrected chi connectivity index (χ1v) is 11.7. The van der Waals surface area contributed by atoms with Crippen LogP contribution < -0.4 is 4.72 Å². The number of aromatic nitrogens is 1. The zero-order valence-corrected chi connectivity index (χ0v) is 20.0. The molecule has 0 aliphatic carbocycles. The van der Waals surface area contributed by atoms with Crippen molar-refractivity contribution in [2.75, 3.05) is 6.54 Å². The van der Waals surface area contributed by atoms with Gasteiger partial charge in [-0.2, -0.15) is 0 Å². The largest absolute Gasteiger partial charge is 0.598 e. The number of oxazole rings is 1. The standard InChI is InChI=1S/C25H30F2N2O2S/c1-24(2,3)32(30)28-16-25(4,5)15-21-22(13-17-9-7-6-8-10-17)31-23(29-21)19-14-18(26)11-12-20(19)27/h6-12,14,28H,13,15-16H2,1-5H3. The Hall–Kier alpha value is -2.22. The highest BCUT2D eigenvalue weighted by atomic mass is 32.2. The second-order valence-electron chi connectivity index (χ2n) is 9.72. The van der Waals surface area contributed by atoms with Gasteiger partial charge in [-0.3, -0.25) is 0 Å². The highest BCUT2D eigenvalue weighted by Gasteiger charge is 2.31. The first kappa shape index (κ1) is 24.4. The Morgan fingerprint density at radius 3 is 2.38 bits per heavy atom. The lowest BCUT2D eigenvalue weighted by molar-refractivity contribution is 0.353. The summed E-state index contributed by atoms with van der Waals surface area (Å²) in [7, 11) is 0. The van der Waals surface area contributed by atoms with E-state index in [1.54, 1.807) is 0 Å². The third-order valence-corrected chi connectivity index (χ3v) is 6.55. The molecule has 0 radical (unpaired) electrons. The first-order valence-electron chi connectivity index (χ1n) is 10.6. The molecule has 1 heterocycles. The van der Waals surface area contributed by atoms with Gasteiger partial charge in [0.25, 0.3) is 0 Å². The third-order valence-electron chi connectivity index (χ3n) is 5.03. The van der Waals surface area contributed by atoms with Crippen molar-refractivity contribution in [3.63, 3.8) is 0 Å². The summed E-state index contributed by atoms with van der Waals surface area (Å²) < 4.78 is 49.3. The van der Waals surface area contributed by atoms with Crippen LogP contribution >= 0.6 is 0 Å². The molecule has 1 unspecified atom stereocenters. The van der Waals surface area contributed by atoms with Crippen molar-refractivity contribution in [1.82, 2.24) is 9.71 Å². The number of hydrogen-bond acceptors (Lipinski definition) is 4. The van der Waals surface area contributed by atoms with Crippen LogP contribution in [0.4, 0.5) is 8.78 Å². The van der Waals surface area contributed by atoms with E-state index in [0.29, 0.717) is 30.8 Å². The Labute approximate surface area is 191 Å². The fraction of sp³-hybridized carbons (Fsp3) is 0.400.